The Morgan fingerprint density at radius 3 is 2.06 bits per heavy atom. The van der Waals surface area contributed by atoms with Gasteiger partial charge in [0.15, 0.2) is 0 Å². The summed E-state index contributed by atoms with van der Waals surface area (Å²) in [6.07, 6.45) is 3.75. The lowest BCUT2D eigenvalue weighted by Gasteiger charge is -2.27. The average Bonchev–Trinajstić information content (AvgIpc) is 2.44. The summed E-state index contributed by atoms with van der Waals surface area (Å²) >= 11 is 0. The number of nitrogens with zero attached hydrogens (tertiary/aromatic N) is 2. The van der Waals surface area contributed by atoms with Crippen LogP contribution in [0, 0.1) is 0 Å². The molecule has 0 radical (unpaired) electrons. The molecule has 1 rings (SSSR count). The van der Waals surface area contributed by atoms with Crippen molar-refractivity contribution in [1.29, 1.82) is 0 Å². The summed E-state index contributed by atoms with van der Waals surface area (Å²) in [5.74, 6) is 0. The molecular weight excluding hydrogens is 220 g/mol. The Morgan fingerprint density at radius 2 is 1.61 bits per heavy atom. The summed E-state index contributed by atoms with van der Waals surface area (Å²) in [7, 11) is 4.10. The summed E-state index contributed by atoms with van der Waals surface area (Å²) in [4.78, 5) is 4.28. The Morgan fingerprint density at radius 1 is 1.06 bits per heavy atom. The van der Waals surface area contributed by atoms with E-state index in [2.05, 4.69) is 49.1 Å². The highest BCUT2D eigenvalue weighted by Crippen LogP contribution is 2.21. The predicted octanol–water partition coefficient (Wildman–Crippen LogP) is 3.66. The molecule has 0 aromatic heterocycles. The topological polar surface area (TPSA) is 6.48 Å². The Balaban J connectivity index is 3.20. The van der Waals surface area contributed by atoms with E-state index in [9.17, 15) is 0 Å². The first-order valence-electron chi connectivity index (χ1n) is 6.14. The summed E-state index contributed by atoms with van der Waals surface area (Å²) in [5, 5.41) is 0. The Kier molecular flexibility index (Phi) is 5.25. The van der Waals surface area contributed by atoms with Crippen LogP contribution in [0.3, 0.4) is 0 Å². The van der Waals surface area contributed by atoms with Gasteiger partial charge in [0.05, 0.1) is 11.4 Å². The minimum absolute atomic E-state index is 0.932. The molecule has 0 fully saturated rings. The lowest BCUT2D eigenvalue weighted by molar-refractivity contribution is 0.451. The quantitative estimate of drug-likeness (QED) is 0.702. The molecule has 0 spiro atoms. The van der Waals surface area contributed by atoms with Crippen molar-refractivity contribution in [3.05, 3.63) is 67.0 Å². The first-order valence-corrected chi connectivity index (χ1v) is 6.14. The van der Waals surface area contributed by atoms with Gasteiger partial charge in [0.1, 0.15) is 0 Å². The van der Waals surface area contributed by atoms with E-state index in [4.69, 9.17) is 0 Å². The molecule has 0 saturated carbocycles. The molecule has 0 N–H and O–H groups in total. The highest BCUT2D eigenvalue weighted by molar-refractivity contribution is 5.55. The van der Waals surface area contributed by atoms with Crippen LogP contribution >= 0.6 is 0 Å². The Hall–Kier alpha value is -1.96. The molecule has 2 nitrogen and oxygen atoms in total. The molecular formula is C16H22N2. The second-order valence-electron chi connectivity index (χ2n) is 4.09. The van der Waals surface area contributed by atoms with E-state index in [0.717, 1.165) is 23.6 Å². The van der Waals surface area contributed by atoms with Crippen LogP contribution in [0.1, 0.15) is 6.92 Å². The van der Waals surface area contributed by atoms with Gasteiger partial charge in [-0.15, -0.1) is 0 Å². The lowest BCUT2D eigenvalue weighted by atomic mass is 10.2. The largest absolute Gasteiger partial charge is 0.373 e. The minimum Gasteiger partial charge on any atom is -0.373 e. The molecule has 0 aliphatic carbocycles. The summed E-state index contributed by atoms with van der Waals surface area (Å²) in [6, 6.07) is 10.2. The molecule has 0 aliphatic rings. The van der Waals surface area contributed by atoms with Crippen molar-refractivity contribution in [2.45, 2.75) is 6.92 Å². The third-order valence-electron chi connectivity index (χ3n) is 3.04. The first kappa shape index (κ1) is 14.1. The highest BCUT2D eigenvalue weighted by atomic mass is 15.2. The molecule has 2 heteroatoms. The third-order valence-corrected chi connectivity index (χ3v) is 3.04. The first-order chi connectivity index (χ1) is 8.65. The molecule has 0 amide bonds. The van der Waals surface area contributed by atoms with E-state index in [-0.39, 0.29) is 0 Å². The molecule has 96 valence electrons. The van der Waals surface area contributed by atoms with Gasteiger partial charge in [-0.2, -0.15) is 0 Å². The fourth-order valence-corrected chi connectivity index (χ4v) is 1.83. The molecule has 0 heterocycles. The molecule has 0 aliphatic heterocycles. The number of para-hydroxylation sites is 1. The van der Waals surface area contributed by atoms with Crippen LogP contribution in [0.15, 0.2) is 67.0 Å². The average molecular weight is 242 g/mol. The summed E-state index contributed by atoms with van der Waals surface area (Å²) in [6.45, 7) is 10.9. The van der Waals surface area contributed by atoms with Crippen LogP contribution in [0.2, 0.25) is 0 Å². The van der Waals surface area contributed by atoms with Gasteiger partial charge in [0.2, 0.25) is 0 Å². The number of hydrogen-bond donors (Lipinski definition) is 0. The number of allylic oxidation sites excluding steroid dienone is 2. The van der Waals surface area contributed by atoms with E-state index < -0.39 is 0 Å². The maximum atomic E-state index is 3.92. The van der Waals surface area contributed by atoms with Crippen molar-refractivity contribution in [3.8, 4) is 0 Å². The van der Waals surface area contributed by atoms with Crippen LogP contribution in [0.4, 0.5) is 5.69 Å². The van der Waals surface area contributed by atoms with Gasteiger partial charge in [-0.1, -0.05) is 31.4 Å². The van der Waals surface area contributed by atoms with Gasteiger partial charge in [-0.25, -0.2) is 0 Å². The molecule has 1 aromatic rings. The van der Waals surface area contributed by atoms with Gasteiger partial charge < -0.3 is 9.80 Å². The number of rotatable bonds is 6. The maximum absolute atomic E-state index is 3.92. The number of anilines is 1. The van der Waals surface area contributed by atoms with Crippen LogP contribution in [0.25, 0.3) is 0 Å². The standard InChI is InChI=1S/C16H22N2/c1-6-15(17(4)8-3)16(7-2)18(5)14-12-10-9-11-13-14/h6-7,9-13H,1-2,8H2,3-5H3/b16-15-. The SMILES string of the molecule is C=C/C(=C(\C=C)N(C)c1ccccc1)N(C)CC. The molecule has 1 aromatic carbocycles. The van der Waals surface area contributed by atoms with Crippen molar-refractivity contribution in [2.24, 2.45) is 0 Å². The summed E-state index contributed by atoms with van der Waals surface area (Å²) in [5.41, 5.74) is 3.27. The Labute approximate surface area is 111 Å². The Bertz CT molecular complexity index is 432. The van der Waals surface area contributed by atoms with Crippen molar-refractivity contribution in [3.63, 3.8) is 0 Å². The van der Waals surface area contributed by atoms with E-state index in [1.165, 1.54) is 0 Å². The predicted molar refractivity (Wildman–Crippen MR) is 80.6 cm³/mol. The monoisotopic (exact) mass is 242 g/mol. The van der Waals surface area contributed by atoms with Crippen LogP contribution in [-0.4, -0.2) is 25.5 Å². The second-order valence-corrected chi connectivity index (χ2v) is 4.09. The molecule has 0 bridgehead atoms. The highest BCUT2D eigenvalue weighted by Gasteiger charge is 2.10. The van der Waals surface area contributed by atoms with Crippen molar-refractivity contribution >= 4 is 5.69 Å². The summed E-state index contributed by atoms with van der Waals surface area (Å²) < 4.78 is 0. The van der Waals surface area contributed by atoms with E-state index >= 15 is 0 Å². The van der Waals surface area contributed by atoms with E-state index in [1.54, 1.807) is 0 Å². The van der Waals surface area contributed by atoms with Crippen molar-refractivity contribution in [2.75, 3.05) is 25.5 Å². The van der Waals surface area contributed by atoms with Gasteiger partial charge in [0, 0.05) is 26.3 Å². The normalized spacial score (nSPS) is 11.5. The third kappa shape index (κ3) is 3.04. The fraction of sp³-hybridized carbons (Fsp3) is 0.250. The molecule has 0 unspecified atom stereocenters. The molecule has 0 atom stereocenters. The number of likely N-dealkylation sites (N-methyl/N-ethyl adjacent to an activating group) is 2. The van der Waals surface area contributed by atoms with Gasteiger partial charge >= 0.3 is 0 Å². The van der Waals surface area contributed by atoms with Crippen LogP contribution < -0.4 is 4.90 Å². The van der Waals surface area contributed by atoms with Gasteiger partial charge in [-0.05, 0) is 31.2 Å². The van der Waals surface area contributed by atoms with Gasteiger partial charge in [0.25, 0.3) is 0 Å². The maximum Gasteiger partial charge on any atom is 0.0639 e. The van der Waals surface area contributed by atoms with Crippen molar-refractivity contribution in [1.82, 2.24) is 4.90 Å². The van der Waals surface area contributed by atoms with Crippen LogP contribution in [-0.2, 0) is 0 Å². The zero-order valence-corrected chi connectivity index (χ0v) is 11.6. The second kappa shape index (κ2) is 6.70. The lowest BCUT2D eigenvalue weighted by Crippen LogP contribution is -2.24. The number of benzene rings is 1. The fourth-order valence-electron chi connectivity index (χ4n) is 1.83. The van der Waals surface area contributed by atoms with E-state index in [0.29, 0.717) is 0 Å². The minimum atomic E-state index is 0.932. The van der Waals surface area contributed by atoms with Gasteiger partial charge in [-0.3, -0.25) is 0 Å². The molecule has 18 heavy (non-hydrogen) atoms. The van der Waals surface area contributed by atoms with Crippen molar-refractivity contribution < 1.29 is 0 Å². The zero-order valence-electron chi connectivity index (χ0n) is 11.6. The number of hydrogen-bond acceptors (Lipinski definition) is 2. The van der Waals surface area contributed by atoms with E-state index in [1.807, 2.05) is 37.4 Å². The zero-order chi connectivity index (χ0) is 13.5. The smallest absolute Gasteiger partial charge is 0.0639 e. The van der Waals surface area contributed by atoms with Crippen LogP contribution in [0.5, 0.6) is 0 Å². The molecule has 0 saturated heterocycles.